The van der Waals surface area contributed by atoms with Gasteiger partial charge in [-0.2, -0.15) is 0 Å². The van der Waals surface area contributed by atoms with Crippen molar-refractivity contribution in [3.8, 4) is 22.3 Å². The fourth-order valence-electron chi connectivity index (χ4n) is 4.26. The van der Waals surface area contributed by atoms with Crippen LogP contribution in [-0.4, -0.2) is 12.9 Å². The van der Waals surface area contributed by atoms with Gasteiger partial charge in [-0.05, 0) is 64.3 Å². The zero-order chi connectivity index (χ0) is 24.1. The van der Waals surface area contributed by atoms with Gasteiger partial charge in [0.15, 0.2) is 11.4 Å². The van der Waals surface area contributed by atoms with Crippen LogP contribution < -0.4 is 0 Å². The van der Waals surface area contributed by atoms with E-state index in [2.05, 4.69) is 60.9 Å². The summed E-state index contributed by atoms with van der Waals surface area (Å²) in [5.41, 5.74) is 7.63. The first kappa shape index (κ1) is 24.5. The summed E-state index contributed by atoms with van der Waals surface area (Å²) in [6, 6.07) is 32.6. The third-order valence-corrected chi connectivity index (χ3v) is 7.37. The number of carbonyl (C=O) groups is 1. The molecule has 3 unspecified atom stereocenters. The van der Waals surface area contributed by atoms with E-state index in [9.17, 15) is 4.79 Å². The highest BCUT2D eigenvalue weighted by Crippen LogP contribution is 2.32. The molecule has 0 fully saturated rings. The molecule has 2 nitrogen and oxygen atoms in total. The fourth-order valence-corrected chi connectivity index (χ4v) is 5.04. The maximum atomic E-state index is 13.5. The summed E-state index contributed by atoms with van der Waals surface area (Å²) < 4.78 is 5.73. The number of ether oxygens (including phenoxy) is 1. The Labute approximate surface area is 207 Å². The Morgan fingerprint density at radius 2 is 1.29 bits per heavy atom. The normalized spacial score (nSPS) is 12.8. The standard InChI is InChI=1S/C30H30O2P2/c1-30(32-2,28-9-4-3-5-10-28)29(31)25-8-6-7-23(17-25)21-11-13-22(14-12-21)24-15-16-26(19-33)27(18-24)20-34/h3-18H,19-20,33-34H2,1-2H3. The summed E-state index contributed by atoms with van der Waals surface area (Å²) in [6.45, 7) is 1.83. The Hall–Kier alpha value is -2.63. The Balaban J connectivity index is 1.63. The smallest absolute Gasteiger partial charge is 0.198 e. The van der Waals surface area contributed by atoms with Crippen LogP contribution >= 0.6 is 18.5 Å². The van der Waals surface area contributed by atoms with Crippen molar-refractivity contribution >= 4 is 24.3 Å². The van der Waals surface area contributed by atoms with Gasteiger partial charge in [-0.1, -0.05) is 91.0 Å². The van der Waals surface area contributed by atoms with E-state index in [0.29, 0.717) is 5.56 Å². The average molecular weight is 485 g/mol. The third kappa shape index (κ3) is 4.91. The number of Topliss-reactive ketones (excluding diaryl/α,β-unsaturated/α-hetero) is 1. The van der Waals surface area contributed by atoms with E-state index in [1.165, 1.54) is 22.3 Å². The predicted octanol–water partition coefficient (Wildman–Crippen LogP) is 7.52. The molecule has 0 heterocycles. The average Bonchev–Trinajstić information content (AvgIpc) is 2.92. The van der Waals surface area contributed by atoms with E-state index in [1.807, 2.05) is 61.5 Å². The highest BCUT2D eigenvalue weighted by Gasteiger charge is 2.35. The van der Waals surface area contributed by atoms with Gasteiger partial charge in [0.1, 0.15) is 0 Å². The maximum Gasteiger partial charge on any atom is 0.198 e. The molecule has 0 aliphatic rings. The summed E-state index contributed by atoms with van der Waals surface area (Å²) in [5.74, 6) is -0.0567. The van der Waals surface area contributed by atoms with Gasteiger partial charge >= 0.3 is 0 Å². The van der Waals surface area contributed by atoms with Crippen LogP contribution in [-0.2, 0) is 22.7 Å². The molecule has 0 bridgehead atoms. The first-order chi connectivity index (χ1) is 16.5. The van der Waals surface area contributed by atoms with Crippen molar-refractivity contribution in [2.75, 3.05) is 7.11 Å². The van der Waals surface area contributed by atoms with E-state index in [1.54, 1.807) is 7.11 Å². The van der Waals surface area contributed by atoms with E-state index in [4.69, 9.17) is 4.74 Å². The van der Waals surface area contributed by atoms with Crippen molar-refractivity contribution in [1.82, 2.24) is 0 Å². The summed E-state index contributed by atoms with van der Waals surface area (Å²) in [7, 11) is 7.22. The van der Waals surface area contributed by atoms with Crippen molar-refractivity contribution in [2.45, 2.75) is 24.8 Å². The second kappa shape index (κ2) is 10.7. The lowest BCUT2D eigenvalue weighted by atomic mass is 9.86. The second-order valence-corrected chi connectivity index (χ2v) is 9.30. The van der Waals surface area contributed by atoms with Crippen LogP contribution in [0.1, 0.15) is 34.0 Å². The quantitative estimate of drug-likeness (QED) is 0.191. The van der Waals surface area contributed by atoms with E-state index < -0.39 is 5.60 Å². The predicted molar refractivity (Wildman–Crippen MR) is 149 cm³/mol. The highest BCUT2D eigenvalue weighted by atomic mass is 31.0. The van der Waals surface area contributed by atoms with Gasteiger partial charge in [0, 0.05) is 12.7 Å². The van der Waals surface area contributed by atoms with Gasteiger partial charge in [-0.3, -0.25) is 4.79 Å². The second-order valence-electron chi connectivity index (χ2n) is 8.48. The summed E-state index contributed by atoms with van der Waals surface area (Å²) in [4.78, 5) is 13.5. The Bertz CT molecular complexity index is 1280. The van der Waals surface area contributed by atoms with Crippen molar-refractivity contribution in [1.29, 1.82) is 0 Å². The zero-order valence-corrected chi connectivity index (χ0v) is 21.9. The van der Waals surface area contributed by atoms with Crippen molar-refractivity contribution in [2.24, 2.45) is 0 Å². The molecular weight excluding hydrogens is 454 g/mol. The summed E-state index contributed by atoms with van der Waals surface area (Å²) in [5, 5.41) is 0. The monoisotopic (exact) mass is 484 g/mol. The molecule has 0 aliphatic heterocycles. The number of hydrogen-bond acceptors (Lipinski definition) is 2. The molecule has 0 N–H and O–H groups in total. The van der Waals surface area contributed by atoms with Crippen molar-refractivity contribution in [3.05, 3.63) is 119 Å². The summed E-state index contributed by atoms with van der Waals surface area (Å²) in [6.07, 6.45) is 1.91. The lowest BCUT2D eigenvalue weighted by Gasteiger charge is -2.27. The molecule has 4 rings (SSSR count). The molecule has 172 valence electrons. The van der Waals surface area contributed by atoms with Crippen LogP contribution in [0.5, 0.6) is 0 Å². The van der Waals surface area contributed by atoms with E-state index >= 15 is 0 Å². The molecule has 0 aromatic heterocycles. The molecule has 34 heavy (non-hydrogen) atoms. The Morgan fingerprint density at radius 3 is 1.88 bits per heavy atom. The largest absolute Gasteiger partial charge is 0.366 e. The molecular formula is C30H30O2P2. The first-order valence-corrected chi connectivity index (χ1v) is 13.0. The van der Waals surface area contributed by atoms with Crippen LogP contribution in [0.3, 0.4) is 0 Å². The molecule has 0 saturated heterocycles. The molecule has 0 spiro atoms. The number of hydrogen-bond donors (Lipinski definition) is 0. The lowest BCUT2D eigenvalue weighted by molar-refractivity contribution is 0.0102. The number of benzene rings is 4. The third-order valence-electron chi connectivity index (χ3n) is 6.49. The Morgan fingerprint density at radius 1 is 0.706 bits per heavy atom. The number of rotatable bonds is 8. The van der Waals surface area contributed by atoms with Crippen LogP contribution in [0.4, 0.5) is 0 Å². The minimum atomic E-state index is -1.04. The minimum Gasteiger partial charge on any atom is -0.366 e. The molecule has 0 radical (unpaired) electrons. The number of ketones is 1. The maximum absolute atomic E-state index is 13.5. The van der Waals surface area contributed by atoms with Crippen molar-refractivity contribution < 1.29 is 9.53 Å². The number of carbonyl (C=O) groups excluding carboxylic acids is 1. The lowest BCUT2D eigenvalue weighted by Crippen LogP contribution is -2.34. The molecule has 0 amide bonds. The van der Waals surface area contributed by atoms with Crippen molar-refractivity contribution in [3.63, 3.8) is 0 Å². The topological polar surface area (TPSA) is 26.3 Å². The van der Waals surface area contributed by atoms with E-state index in [-0.39, 0.29) is 5.78 Å². The fraction of sp³-hybridized carbons (Fsp3) is 0.167. The highest BCUT2D eigenvalue weighted by molar-refractivity contribution is 7.16. The van der Waals surface area contributed by atoms with Gasteiger partial charge in [0.2, 0.25) is 0 Å². The first-order valence-electron chi connectivity index (χ1n) is 11.4. The number of methoxy groups -OCH3 is 1. The van der Waals surface area contributed by atoms with Crippen LogP contribution in [0, 0.1) is 0 Å². The van der Waals surface area contributed by atoms with Crippen LogP contribution in [0.2, 0.25) is 0 Å². The summed E-state index contributed by atoms with van der Waals surface area (Å²) >= 11 is 0. The van der Waals surface area contributed by atoms with Gasteiger partial charge < -0.3 is 4.74 Å². The van der Waals surface area contributed by atoms with Gasteiger partial charge in [0.05, 0.1) is 0 Å². The molecule has 4 heteroatoms. The SMILES string of the molecule is COC(C)(C(=O)c1cccc(-c2ccc(-c3ccc(CP)c(CP)c3)cc2)c1)c1ccccc1. The van der Waals surface area contributed by atoms with Gasteiger partial charge in [-0.15, -0.1) is 18.5 Å². The molecule has 3 atom stereocenters. The van der Waals surface area contributed by atoms with E-state index in [0.717, 1.165) is 29.0 Å². The molecule has 0 aliphatic carbocycles. The van der Waals surface area contributed by atoms with Gasteiger partial charge in [0.25, 0.3) is 0 Å². The van der Waals surface area contributed by atoms with Gasteiger partial charge in [-0.25, -0.2) is 0 Å². The molecule has 0 saturated carbocycles. The minimum absolute atomic E-state index is 0.0567. The molecule has 4 aromatic rings. The van der Waals surface area contributed by atoms with Crippen LogP contribution in [0.25, 0.3) is 22.3 Å². The zero-order valence-electron chi connectivity index (χ0n) is 19.6. The van der Waals surface area contributed by atoms with Crippen LogP contribution in [0.15, 0.2) is 97.1 Å². The Kier molecular flexibility index (Phi) is 7.74. The molecule has 4 aromatic carbocycles.